The number of rotatable bonds is 5. The Balaban J connectivity index is 1.73. The topological polar surface area (TPSA) is 108 Å². The molecule has 1 aromatic rings. The van der Waals surface area contributed by atoms with Gasteiger partial charge in [-0.1, -0.05) is 23.7 Å². The highest BCUT2D eigenvalue weighted by Gasteiger charge is 2.43. The second-order valence-electron chi connectivity index (χ2n) is 6.16. The molecule has 0 atom stereocenters. The highest BCUT2D eigenvalue weighted by atomic mass is 35.5. The maximum absolute atomic E-state index is 12.0. The number of halogens is 1. The highest BCUT2D eigenvalue weighted by molar-refractivity contribution is 6.30. The van der Waals surface area contributed by atoms with Crippen LogP contribution in [-0.2, 0) is 20.8 Å². The van der Waals surface area contributed by atoms with Crippen LogP contribution < -0.4 is 16.2 Å². The molecule has 0 radical (unpaired) electrons. The Bertz CT molecular complexity index is 703. The highest BCUT2D eigenvalue weighted by Crippen LogP contribution is 2.16. The molecule has 9 heteroatoms. The van der Waals surface area contributed by atoms with Crippen molar-refractivity contribution < 1.29 is 19.2 Å². The third-order valence-corrected chi connectivity index (χ3v) is 3.88. The predicted octanol–water partition coefficient (Wildman–Crippen LogP) is 0.750. The number of nitrogens with one attached hydrogen (secondary N) is 3. The number of urea groups is 1. The maximum Gasteiger partial charge on any atom is 0.325 e. The number of hydrogen-bond donors (Lipinski definition) is 3. The second-order valence-corrected chi connectivity index (χ2v) is 6.60. The molecule has 2 rings (SSSR count). The smallest absolute Gasteiger partial charge is 0.324 e. The third-order valence-electron chi connectivity index (χ3n) is 3.63. The summed E-state index contributed by atoms with van der Waals surface area (Å²) in [5.74, 6) is -1.29. The minimum Gasteiger partial charge on any atom is -0.324 e. The van der Waals surface area contributed by atoms with E-state index in [0.29, 0.717) is 5.02 Å². The van der Waals surface area contributed by atoms with Crippen LogP contribution in [0.15, 0.2) is 24.3 Å². The Labute approximate surface area is 149 Å². The molecular weight excluding hydrogens is 348 g/mol. The van der Waals surface area contributed by atoms with Gasteiger partial charge in [0.15, 0.2) is 0 Å². The summed E-state index contributed by atoms with van der Waals surface area (Å²) in [6, 6.07) is 6.23. The van der Waals surface area contributed by atoms with E-state index in [-0.39, 0.29) is 19.4 Å². The molecule has 0 spiro atoms. The van der Waals surface area contributed by atoms with Gasteiger partial charge < -0.3 is 5.32 Å². The summed E-state index contributed by atoms with van der Waals surface area (Å²) in [4.78, 5) is 48.2. The van der Waals surface area contributed by atoms with Crippen LogP contribution in [0.1, 0.15) is 25.8 Å². The van der Waals surface area contributed by atoms with E-state index in [2.05, 4.69) is 16.2 Å². The summed E-state index contributed by atoms with van der Waals surface area (Å²) in [6.45, 7) is 3.11. The van der Waals surface area contributed by atoms with Crippen LogP contribution in [-0.4, -0.2) is 40.7 Å². The fourth-order valence-electron chi connectivity index (χ4n) is 2.27. The number of hydrogen-bond acceptors (Lipinski definition) is 4. The first kappa shape index (κ1) is 18.7. The van der Waals surface area contributed by atoms with Crippen LogP contribution in [0.2, 0.25) is 5.02 Å². The van der Waals surface area contributed by atoms with E-state index in [4.69, 9.17) is 11.6 Å². The van der Waals surface area contributed by atoms with Crippen molar-refractivity contribution in [2.75, 3.05) is 6.54 Å². The Morgan fingerprint density at radius 1 is 1.12 bits per heavy atom. The lowest BCUT2D eigenvalue weighted by atomic mass is 10.1. The lowest BCUT2D eigenvalue weighted by Gasteiger charge is -2.15. The van der Waals surface area contributed by atoms with Crippen LogP contribution in [0.25, 0.3) is 0 Å². The minimum atomic E-state index is -0.972. The van der Waals surface area contributed by atoms with E-state index >= 15 is 0 Å². The average molecular weight is 367 g/mol. The molecule has 25 heavy (non-hydrogen) atoms. The largest absolute Gasteiger partial charge is 0.325 e. The summed E-state index contributed by atoms with van der Waals surface area (Å²) in [6.07, 6.45) is -0.0326. The van der Waals surface area contributed by atoms with Gasteiger partial charge in [0.2, 0.25) is 11.8 Å². The lowest BCUT2D eigenvalue weighted by molar-refractivity contribution is -0.131. The first-order valence-corrected chi connectivity index (χ1v) is 8.03. The van der Waals surface area contributed by atoms with E-state index in [9.17, 15) is 19.2 Å². The van der Waals surface area contributed by atoms with Crippen LogP contribution in [0, 0.1) is 0 Å². The SMILES string of the molecule is CC1(C)NC(=O)N(CCC(=O)NNC(=O)Cc2ccc(Cl)cc2)C1=O. The summed E-state index contributed by atoms with van der Waals surface area (Å²) >= 11 is 5.76. The average Bonchev–Trinajstić information content (AvgIpc) is 2.73. The number of amides is 5. The van der Waals surface area contributed by atoms with Crippen LogP contribution >= 0.6 is 11.6 Å². The van der Waals surface area contributed by atoms with Gasteiger partial charge in [-0.25, -0.2) is 4.79 Å². The number of carbonyl (C=O) groups is 4. The molecule has 0 aliphatic carbocycles. The molecule has 1 aliphatic rings. The van der Waals surface area contributed by atoms with Gasteiger partial charge in [0, 0.05) is 18.0 Å². The van der Waals surface area contributed by atoms with Crippen molar-refractivity contribution in [1.82, 2.24) is 21.1 Å². The lowest BCUT2D eigenvalue weighted by Crippen LogP contribution is -2.44. The van der Waals surface area contributed by atoms with Gasteiger partial charge in [0.1, 0.15) is 5.54 Å². The van der Waals surface area contributed by atoms with Gasteiger partial charge in [-0.2, -0.15) is 0 Å². The van der Waals surface area contributed by atoms with E-state index in [0.717, 1.165) is 10.5 Å². The first-order chi connectivity index (χ1) is 11.7. The molecule has 8 nitrogen and oxygen atoms in total. The van der Waals surface area contributed by atoms with Crippen molar-refractivity contribution in [1.29, 1.82) is 0 Å². The van der Waals surface area contributed by atoms with Crippen molar-refractivity contribution >= 4 is 35.4 Å². The molecule has 0 bridgehead atoms. The summed E-state index contributed by atoms with van der Waals surface area (Å²) in [5.41, 5.74) is 4.31. The van der Waals surface area contributed by atoms with Gasteiger partial charge in [-0.3, -0.25) is 30.1 Å². The monoisotopic (exact) mass is 366 g/mol. The number of carbonyl (C=O) groups excluding carboxylic acids is 4. The normalized spacial score (nSPS) is 15.7. The van der Waals surface area contributed by atoms with Crippen molar-refractivity contribution in [3.8, 4) is 0 Å². The van der Waals surface area contributed by atoms with E-state index in [1.54, 1.807) is 38.1 Å². The van der Waals surface area contributed by atoms with E-state index in [1.165, 1.54) is 0 Å². The predicted molar refractivity (Wildman–Crippen MR) is 90.4 cm³/mol. The quantitative estimate of drug-likeness (QED) is 0.528. The molecule has 3 N–H and O–H groups in total. The molecule has 0 unspecified atom stereocenters. The number of nitrogens with zero attached hydrogens (tertiary/aromatic N) is 1. The Hall–Kier alpha value is -2.61. The maximum atomic E-state index is 12.0. The molecule has 0 aromatic heterocycles. The molecule has 1 heterocycles. The van der Waals surface area contributed by atoms with Crippen LogP contribution in [0.3, 0.4) is 0 Å². The van der Waals surface area contributed by atoms with Crippen molar-refractivity contribution in [3.05, 3.63) is 34.9 Å². The van der Waals surface area contributed by atoms with Gasteiger partial charge in [0.25, 0.3) is 5.91 Å². The zero-order chi connectivity index (χ0) is 18.6. The van der Waals surface area contributed by atoms with E-state index in [1.807, 2.05) is 0 Å². The van der Waals surface area contributed by atoms with Crippen LogP contribution in [0.4, 0.5) is 4.79 Å². The number of benzene rings is 1. The van der Waals surface area contributed by atoms with Crippen molar-refractivity contribution in [3.63, 3.8) is 0 Å². The second kappa shape index (κ2) is 7.52. The third kappa shape index (κ3) is 4.93. The van der Waals surface area contributed by atoms with Crippen molar-refractivity contribution in [2.45, 2.75) is 32.2 Å². The summed E-state index contributed by atoms with van der Waals surface area (Å²) in [5, 5.41) is 3.10. The van der Waals surface area contributed by atoms with Gasteiger partial charge in [0.05, 0.1) is 6.42 Å². The van der Waals surface area contributed by atoms with Gasteiger partial charge >= 0.3 is 6.03 Å². The molecule has 5 amide bonds. The molecule has 1 saturated heterocycles. The zero-order valence-corrected chi connectivity index (χ0v) is 14.6. The molecule has 1 aromatic carbocycles. The first-order valence-electron chi connectivity index (χ1n) is 7.65. The Morgan fingerprint density at radius 2 is 1.72 bits per heavy atom. The number of hydrazine groups is 1. The zero-order valence-electron chi connectivity index (χ0n) is 13.9. The number of imide groups is 1. The molecule has 1 aliphatic heterocycles. The van der Waals surface area contributed by atoms with E-state index < -0.39 is 29.3 Å². The Kier molecular flexibility index (Phi) is 5.63. The summed E-state index contributed by atoms with van der Waals surface area (Å²) < 4.78 is 0. The fraction of sp³-hybridized carbons (Fsp3) is 0.375. The molecule has 1 fully saturated rings. The Morgan fingerprint density at radius 3 is 2.28 bits per heavy atom. The fourth-order valence-corrected chi connectivity index (χ4v) is 2.39. The molecular formula is C16H19ClN4O4. The molecule has 0 saturated carbocycles. The van der Waals surface area contributed by atoms with Gasteiger partial charge in [-0.05, 0) is 31.5 Å². The van der Waals surface area contributed by atoms with Crippen LogP contribution in [0.5, 0.6) is 0 Å². The standard InChI is InChI=1S/C16H19ClN4O4/c1-16(2)14(24)21(15(25)18-16)8-7-12(22)19-20-13(23)9-10-3-5-11(17)6-4-10/h3-6H,7-9H2,1-2H3,(H,18,25)(H,19,22)(H,20,23). The molecule has 134 valence electrons. The van der Waals surface area contributed by atoms with Gasteiger partial charge in [-0.15, -0.1) is 0 Å². The minimum absolute atomic E-state index is 0.0625. The summed E-state index contributed by atoms with van der Waals surface area (Å²) in [7, 11) is 0. The van der Waals surface area contributed by atoms with Crippen molar-refractivity contribution in [2.24, 2.45) is 0 Å².